The van der Waals surface area contributed by atoms with Crippen LogP contribution in [0.5, 0.6) is 11.5 Å². The quantitative estimate of drug-likeness (QED) is 0.331. The Hall–Kier alpha value is -2.49. The first-order valence-corrected chi connectivity index (χ1v) is 9.77. The summed E-state index contributed by atoms with van der Waals surface area (Å²) in [6.45, 7) is 3.72. The Morgan fingerprint density at radius 1 is 1.20 bits per heavy atom. The summed E-state index contributed by atoms with van der Waals surface area (Å²) in [5.74, 6) is 2.20. The molecular weight excluding hydrogens is 495 g/mol. The highest BCUT2D eigenvalue weighted by molar-refractivity contribution is 14.0. The third kappa shape index (κ3) is 6.01. The van der Waals surface area contributed by atoms with E-state index in [4.69, 9.17) is 9.47 Å². The molecule has 2 aromatic carbocycles. The maximum absolute atomic E-state index is 12.4. The zero-order valence-electron chi connectivity index (χ0n) is 17.6. The van der Waals surface area contributed by atoms with Crippen LogP contribution in [0, 0.1) is 0 Å². The standard InChI is InChI=1S/C22H28N4O3.HI/c1-4-29-19-11-10-16(12-20(19)28-3)14-24-22(23-2)25-17-13-21(27)26(15-17)18-8-6-5-7-9-18;/h5-12,17H,4,13-15H2,1-3H3,(H2,23,24,25);1H. The molecule has 0 saturated carbocycles. The number of amides is 1. The molecule has 8 heteroatoms. The van der Waals surface area contributed by atoms with Crippen LogP contribution in [0.1, 0.15) is 18.9 Å². The van der Waals surface area contributed by atoms with Crippen LogP contribution in [-0.2, 0) is 11.3 Å². The van der Waals surface area contributed by atoms with Gasteiger partial charge in [0, 0.05) is 32.2 Å². The van der Waals surface area contributed by atoms with Crippen LogP contribution in [0.2, 0.25) is 0 Å². The number of halogens is 1. The molecule has 0 aromatic heterocycles. The van der Waals surface area contributed by atoms with E-state index in [2.05, 4.69) is 15.6 Å². The fourth-order valence-corrected chi connectivity index (χ4v) is 3.33. The highest BCUT2D eigenvalue weighted by atomic mass is 127. The summed E-state index contributed by atoms with van der Waals surface area (Å²) in [6.07, 6.45) is 0.437. The van der Waals surface area contributed by atoms with E-state index in [-0.39, 0.29) is 35.9 Å². The fraction of sp³-hybridized carbons (Fsp3) is 0.364. The fourth-order valence-electron chi connectivity index (χ4n) is 3.33. The van der Waals surface area contributed by atoms with Crippen LogP contribution in [0.4, 0.5) is 5.69 Å². The molecule has 1 heterocycles. The lowest BCUT2D eigenvalue weighted by Gasteiger charge is -2.19. The number of anilines is 1. The van der Waals surface area contributed by atoms with Gasteiger partial charge in [-0.15, -0.1) is 24.0 Å². The summed E-state index contributed by atoms with van der Waals surface area (Å²) in [5.41, 5.74) is 1.97. The maximum Gasteiger partial charge on any atom is 0.229 e. The molecule has 0 spiro atoms. The van der Waals surface area contributed by atoms with E-state index in [0.29, 0.717) is 37.8 Å². The Kier molecular flexibility index (Phi) is 9.22. The van der Waals surface area contributed by atoms with Crippen molar-refractivity contribution in [2.75, 3.05) is 32.2 Å². The lowest BCUT2D eigenvalue weighted by Crippen LogP contribution is -2.44. The van der Waals surface area contributed by atoms with Gasteiger partial charge in [0.1, 0.15) is 0 Å². The minimum atomic E-state index is 0. The second kappa shape index (κ2) is 11.6. The number of hydrogen-bond acceptors (Lipinski definition) is 4. The number of ether oxygens (including phenoxy) is 2. The Morgan fingerprint density at radius 2 is 1.97 bits per heavy atom. The van der Waals surface area contributed by atoms with Crippen LogP contribution >= 0.6 is 24.0 Å². The van der Waals surface area contributed by atoms with Gasteiger partial charge in [0.25, 0.3) is 0 Å². The Labute approximate surface area is 194 Å². The number of guanidine groups is 1. The number of benzene rings is 2. The third-order valence-electron chi connectivity index (χ3n) is 4.75. The van der Waals surface area contributed by atoms with Crippen molar-refractivity contribution in [2.45, 2.75) is 25.9 Å². The molecule has 1 unspecified atom stereocenters. The van der Waals surface area contributed by atoms with E-state index in [1.807, 2.05) is 60.4 Å². The van der Waals surface area contributed by atoms with Gasteiger partial charge in [-0.25, -0.2) is 0 Å². The highest BCUT2D eigenvalue weighted by Crippen LogP contribution is 2.28. The zero-order valence-corrected chi connectivity index (χ0v) is 19.9. The molecule has 1 saturated heterocycles. The van der Waals surface area contributed by atoms with Gasteiger partial charge in [0.05, 0.1) is 19.8 Å². The van der Waals surface area contributed by atoms with Gasteiger partial charge in [-0.1, -0.05) is 24.3 Å². The third-order valence-corrected chi connectivity index (χ3v) is 4.75. The highest BCUT2D eigenvalue weighted by Gasteiger charge is 2.31. The number of para-hydroxylation sites is 1. The first-order chi connectivity index (χ1) is 14.1. The molecule has 3 rings (SSSR count). The molecule has 0 radical (unpaired) electrons. The molecule has 7 nitrogen and oxygen atoms in total. The number of carbonyl (C=O) groups excluding carboxylic acids is 1. The predicted molar refractivity (Wildman–Crippen MR) is 130 cm³/mol. The van der Waals surface area contributed by atoms with Crippen molar-refractivity contribution in [3.63, 3.8) is 0 Å². The van der Waals surface area contributed by atoms with Crippen LogP contribution in [-0.4, -0.2) is 45.2 Å². The number of methoxy groups -OCH3 is 1. The van der Waals surface area contributed by atoms with E-state index in [0.717, 1.165) is 17.0 Å². The van der Waals surface area contributed by atoms with E-state index in [1.54, 1.807) is 14.2 Å². The number of nitrogens with one attached hydrogen (secondary N) is 2. The molecule has 1 amide bonds. The van der Waals surface area contributed by atoms with Gasteiger partial charge >= 0.3 is 0 Å². The lowest BCUT2D eigenvalue weighted by molar-refractivity contribution is -0.117. The van der Waals surface area contributed by atoms with Crippen LogP contribution in [0.25, 0.3) is 0 Å². The molecule has 0 bridgehead atoms. The number of hydrogen-bond donors (Lipinski definition) is 2. The molecular formula is C22H29IN4O3. The van der Waals surface area contributed by atoms with Crippen LogP contribution in [0.3, 0.4) is 0 Å². The second-order valence-electron chi connectivity index (χ2n) is 6.73. The molecule has 1 fully saturated rings. The monoisotopic (exact) mass is 524 g/mol. The SMILES string of the molecule is CCOc1ccc(CNC(=NC)NC2CC(=O)N(c3ccccc3)C2)cc1OC.I. The first kappa shape index (κ1) is 23.8. The Morgan fingerprint density at radius 3 is 2.63 bits per heavy atom. The Bertz CT molecular complexity index is 861. The molecule has 1 aliphatic rings. The van der Waals surface area contributed by atoms with Crippen LogP contribution in [0.15, 0.2) is 53.5 Å². The number of nitrogens with zero attached hydrogens (tertiary/aromatic N) is 2. The molecule has 0 aliphatic carbocycles. The van der Waals surface area contributed by atoms with Crippen molar-refractivity contribution in [3.8, 4) is 11.5 Å². The lowest BCUT2D eigenvalue weighted by atomic mass is 10.2. The average molecular weight is 524 g/mol. The van der Waals surface area contributed by atoms with Gasteiger partial charge in [-0.2, -0.15) is 0 Å². The smallest absolute Gasteiger partial charge is 0.229 e. The van der Waals surface area contributed by atoms with Crippen molar-refractivity contribution < 1.29 is 14.3 Å². The van der Waals surface area contributed by atoms with Gasteiger partial charge in [0.2, 0.25) is 5.91 Å². The first-order valence-electron chi connectivity index (χ1n) is 9.77. The minimum Gasteiger partial charge on any atom is -0.493 e. The number of aliphatic imine (C=N–C) groups is 1. The van der Waals surface area contributed by atoms with Crippen molar-refractivity contribution in [1.29, 1.82) is 0 Å². The van der Waals surface area contributed by atoms with E-state index < -0.39 is 0 Å². The van der Waals surface area contributed by atoms with E-state index >= 15 is 0 Å². The molecule has 2 N–H and O–H groups in total. The molecule has 2 aromatic rings. The van der Waals surface area contributed by atoms with Gasteiger partial charge in [0.15, 0.2) is 17.5 Å². The molecule has 162 valence electrons. The van der Waals surface area contributed by atoms with Crippen molar-refractivity contribution in [2.24, 2.45) is 4.99 Å². The molecule has 1 aliphatic heterocycles. The number of rotatable bonds is 7. The summed E-state index contributed by atoms with van der Waals surface area (Å²) in [4.78, 5) is 18.5. The maximum atomic E-state index is 12.4. The van der Waals surface area contributed by atoms with Gasteiger partial charge < -0.3 is 25.0 Å². The van der Waals surface area contributed by atoms with E-state index in [9.17, 15) is 4.79 Å². The van der Waals surface area contributed by atoms with E-state index in [1.165, 1.54) is 0 Å². The van der Waals surface area contributed by atoms with Crippen molar-refractivity contribution >= 4 is 41.5 Å². The second-order valence-corrected chi connectivity index (χ2v) is 6.73. The topological polar surface area (TPSA) is 75.2 Å². The summed E-state index contributed by atoms with van der Waals surface area (Å²) in [6, 6.07) is 15.6. The summed E-state index contributed by atoms with van der Waals surface area (Å²) >= 11 is 0. The average Bonchev–Trinajstić information content (AvgIpc) is 3.12. The normalized spacial score (nSPS) is 16.1. The van der Waals surface area contributed by atoms with Crippen molar-refractivity contribution in [3.05, 3.63) is 54.1 Å². The zero-order chi connectivity index (χ0) is 20.6. The predicted octanol–water partition coefficient (Wildman–Crippen LogP) is 3.18. The Balaban J connectivity index is 0.00000320. The largest absolute Gasteiger partial charge is 0.493 e. The minimum absolute atomic E-state index is 0. The summed E-state index contributed by atoms with van der Waals surface area (Å²) in [5, 5.41) is 6.64. The van der Waals surface area contributed by atoms with Gasteiger partial charge in [-0.05, 0) is 36.8 Å². The van der Waals surface area contributed by atoms with Gasteiger partial charge in [-0.3, -0.25) is 9.79 Å². The molecule has 1 atom stereocenters. The molecule has 30 heavy (non-hydrogen) atoms. The van der Waals surface area contributed by atoms with Crippen LogP contribution < -0.4 is 25.0 Å². The summed E-state index contributed by atoms with van der Waals surface area (Å²) in [7, 11) is 3.35. The van der Waals surface area contributed by atoms with Crippen molar-refractivity contribution in [1.82, 2.24) is 10.6 Å². The summed E-state index contributed by atoms with van der Waals surface area (Å²) < 4.78 is 11.0. The number of carbonyl (C=O) groups is 1.